The van der Waals surface area contributed by atoms with E-state index in [1.165, 1.54) is 19.3 Å². The molecule has 1 saturated carbocycles. The zero-order chi connectivity index (χ0) is 16.1. The average Bonchev–Trinajstić information content (AvgIpc) is 2.60. The van der Waals surface area contributed by atoms with Crippen LogP contribution < -0.4 is 5.56 Å². The summed E-state index contributed by atoms with van der Waals surface area (Å²) in [5.41, 5.74) is 0.907. The largest absolute Gasteiger partial charge is 0.381 e. The van der Waals surface area contributed by atoms with Gasteiger partial charge in [-0.15, -0.1) is 0 Å². The Bertz CT molecular complexity index is 708. The fourth-order valence-corrected chi connectivity index (χ4v) is 4.14. The Morgan fingerprint density at radius 3 is 2.83 bits per heavy atom. The van der Waals surface area contributed by atoms with Crippen LogP contribution in [0.25, 0.3) is 10.9 Å². The van der Waals surface area contributed by atoms with Gasteiger partial charge < -0.3 is 4.74 Å². The maximum absolute atomic E-state index is 13.0. The molecule has 0 amide bonds. The van der Waals surface area contributed by atoms with Crippen LogP contribution >= 0.6 is 11.8 Å². The number of fused-ring (bicyclic) bond motifs is 1. The highest BCUT2D eigenvalue weighted by molar-refractivity contribution is 7.99. The van der Waals surface area contributed by atoms with Crippen LogP contribution in [0.2, 0.25) is 0 Å². The van der Waals surface area contributed by atoms with Crippen LogP contribution in [0, 0.1) is 0 Å². The molecule has 1 aromatic carbocycles. The molecule has 2 aromatic rings. The number of rotatable bonds is 6. The predicted octanol–water partition coefficient (Wildman–Crippen LogP) is 4.03. The van der Waals surface area contributed by atoms with E-state index in [9.17, 15) is 4.79 Å². The topological polar surface area (TPSA) is 44.1 Å². The molecule has 1 aliphatic carbocycles. The van der Waals surface area contributed by atoms with Gasteiger partial charge in [0.1, 0.15) is 0 Å². The summed E-state index contributed by atoms with van der Waals surface area (Å²) in [5.74, 6) is 0.825. The average molecular weight is 332 g/mol. The van der Waals surface area contributed by atoms with E-state index in [0.717, 1.165) is 41.3 Å². The molecule has 5 heteroatoms. The van der Waals surface area contributed by atoms with Crippen molar-refractivity contribution < 1.29 is 4.74 Å². The van der Waals surface area contributed by atoms with Gasteiger partial charge in [-0.1, -0.05) is 43.2 Å². The molecule has 1 aromatic heterocycles. The summed E-state index contributed by atoms with van der Waals surface area (Å²) in [6, 6.07) is 7.96. The third kappa shape index (κ3) is 3.78. The lowest BCUT2D eigenvalue weighted by molar-refractivity contribution is 0.164. The van der Waals surface area contributed by atoms with E-state index in [1.54, 1.807) is 11.8 Å². The van der Waals surface area contributed by atoms with Crippen molar-refractivity contribution in [3.8, 4) is 0 Å². The van der Waals surface area contributed by atoms with Crippen molar-refractivity contribution in [1.82, 2.24) is 9.55 Å². The second kappa shape index (κ2) is 7.97. The molecule has 0 radical (unpaired) electrons. The van der Waals surface area contributed by atoms with Crippen molar-refractivity contribution in [2.24, 2.45) is 0 Å². The molecule has 0 spiro atoms. The summed E-state index contributed by atoms with van der Waals surface area (Å²) < 4.78 is 7.38. The molecule has 0 atom stereocenters. The number of benzene rings is 1. The number of aromatic nitrogens is 2. The minimum absolute atomic E-state index is 0.112. The number of ether oxygens (including phenoxy) is 1. The van der Waals surface area contributed by atoms with E-state index < -0.39 is 0 Å². The van der Waals surface area contributed by atoms with Gasteiger partial charge in [-0.3, -0.25) is 9.36 Å². The van der Waals surface area contributed by atoms with Crippen molar-refractivity contribution in [2.75, 3.05) is 19.0 Å². The van der Waals surface area contributed by atoms with Gasteiger partial charge in [0, 0.05) is 18.4 Å². The van der Waals surface area contributed by atoms with Gasteiger partial charge in [0.15, 0.2) is 5.16 Å². The van der Waals surface area contributed by atoms with Crippen molar-refractivity contribution in [1.29, 1.82) is 0 Å². The van der Waals surface area contributed by atoms with Crippen LogP contribution in [-0.4, -0.2) is 28.5 Å². The second-order valence-corrected chi connectivity index (χ2v) is 6.99. The zero-order valence-corrected chi connectivity index (χ0v) is 14.5. The molecule has 0 aliphatic heterocycles. The number of hydrogen-bond acceptors (Lipinski definition) is 4. The monoisotopic (exact) mass is 332 g/mol. The van der Waals surface area contributed by atoms with Crippen molar-refractivity contribution in [3.63, 3.8) is 0 Å². The van der Waals surface area contributed by atoms with Gasteiger partial charge in [-0.2, -0.15) is 0 Å². The molecule has 0 unspecified atom stereocenters. The van der Waals surface area contributed by atoms with E-state index in [4.69, 9.17) is 9.72 Å². The third-order valence-electron chi connectivity index (χ3n) is 4.38. The molecule has 124 valence electrons. The highest BCUT2D eigenvalue weighted by atomic mass is 32.2. The third-order valence-corrected chi connectivity index (χ3v) is 5.30. The molecule has 4 nitrogen and oxygen atoms in total. The highest BCUT2D eigenvalue weighted by Crippen LogP contribution is 2.30. The Balaban J connectivity index is 1.98. The Hall–Kier alpha value is -1.33. The lowest BCUT2D eigenvalue weighted by Crippen LogP contribution is -2.29. The molecule has 23 heavy (non-hydrogen) atoms. The van der Waals surface area contributed by atoms with Gasteiger partial charge in [-0.25, -0.2) is 4.98 Å². The summed E-state index contributed by atoms with van der Waals surface area (Å²) in [6.45, 7) is 3.41. The normalized spacial score (nSPS) is 16.0. The standard InChI is InChI=1S/C18H24N2O2S/c1-2-22-12-13-23-18-19-16-11-7-6-10-15(16)17(21)20(18)14-8-4-3-5-9-14/h6-7,10-11,14H,2-5,8-9,12-13H2,1H3. The number of thioether (sulfide) groups is 1. The van der Waals surface area contributed by atoms with Crippen molar-refractivity contribution in [2.45, 2.75) is 50.2 Å². The minimum Gasteiger partial charge on any atom is -0.381 e. The van der Waals surface area contributed by atoms with Gasteiger partial charge in [0.05, 0.1) is 17.5 Å². The Morgan fingerprint density at radius 2 is 2.04 bits per heavy atom. The first kappa shape index (κ1) is 16.5. The number of nitrogens with zero attached hydrogens (tertiary/aromatic N) is 2. The molecular formula is C18H24N2O2S. The molecule has 0 saturated heterocycles. The molecule has 1 fully saturated rings. The van der Waals surface area contributed by atoms with Gasteiger partial charge in [0.25, 0.3) is 5.56 Å². The van der Waals surface area contributed by atoms with Crippen LogP contribution in [0.1, 0.15) is 45.1 Å². The van der Waals surface area contributed by atoms with Crippen LogP contribution in [0.4, 0.5) is 0 Å². The van der Waals surface area contributed by atoms with E-state index in [1.807, 2.05) is 35.8 Å². The quantitative estimate of drug-likeness (QED) is 0.455. The Morgan fingerprint density at radius 1 is 1.26 bits per heavy atom. The predicted molar refractivity (Wildman–Crippen MR) is 95.3 cm³/mol. The second-order valence-electron chi connectivity index (χ2n) is 5.92. The highest BCUT2D eigenvalue weighted by Gasteiger charge is 2.21. The molecule has 0 N–H and O–H groups in total. The van der Waals surface area contributed by atoms with Crippen LogP contribution in [0.3, 0.4) is 0 Å². The van der Waals surface area contributed by atoms with Gasteiger partial charge in [0.2, 0.25) is 0 Å². The zero-order valence-electron chi connectivity index (χ0n) is 13.7. The number of para-hydroxylation sites is 1. The van der Waals surface area contributed by atoms with Crippen LogP contribution in [0.15, 0.2) is 34.2 Å². The first-order valence-corrected chi connectivity index (χ1v) is 9.51. The SMILES string of the molecule is CCOCCSc1nc2ccccc2c(=O)n1C1CCCCC1. The van der Waals surface area contributed by atoms with Crippen LogP contribution in [0.5, 0.6) is 0 Å². The van der Waals surface area contributed by atoms with Crippen molar-refractivity contribution >= 4 is 22.7 Å². The summed E-state index contributed by atoms with van der Waals surface area (Å²) in [5, 5.41) is 1.58. The molecular weight excluding hydrogens is 308 g/mol. The van der Waals surface area contributed by atoms with E-state index >= 15 is 0 Å². The summed E-state index contributed by atoms with van der Waals surface area (Å²) in [4.78, 5) is 17.8. The molecule has 1 heterocycles. The smallest absolute Gasteiger partial charge is 0.262 e. The summed E-state index contributed by atoms with van der Waals surface area (Å²) in [6.07, 6.45) is 5.84. The first-order valence-electron chi connectivity index (χ1n) is 8.53. The fourth-order valence-electron chi connectivity index (χ4n) is 3.22. The lowest BCUT2D eigenvalue weighted by atomic mass is 9.95. The van der Waals surface area contributed by atoms with E-state index in [2.05, 4.69) is 0 Å². The Kier molecular flexibility index (Phi) is 5.73. The maximum Gasteiger partial charge on any atom is 0.262 e. The molecule has 0 bridgehead atoms. The van der Waals surface area contributed by atoms with E-state index in [-0.39, 0.29) is 5.56 Å². The minimum atomic E-state index is 0.112. The van der Waals surface area contributed by atoms with E-state index in [0.29, 0.717) is 12.6 Å². The van der Waals surface area contributed by atoms with Crippen LogP contribution in [-0.2, 0) is 4.74 Å². The number of hydrogen-bond donors (Lipinski definition) is 0. The lowest BCUT2D eigenvalue weighted by Gasteiger charge is -2.26. The Labute approximate surface area is 141 Å². The van der Waals surface area contributed by atoms with Crippen molar-refractivity contribution in [3.05, 3.63) is 34.6 Å². The fraction of sp³-hybridized carbons (Fsp3) is 0.556. The first-order chi connectivity index (χ1) is 11.3. The van der Waals surface area contributed by atoms with Gasteiger partial charge in [-0.05, 0) is 31.9 Å². The maximum atomic E-state index is 13.0. The summed E-state index contributed by atoms with van der Waals surface area (Å²) >= 11 is 1.64. The summed E-state index contributed by atoms with van der Waals surface area (Å²) in [7, 11) is 0. The molecule has 3 rings (SSSR count). The molecule has 1 aliphatic rings. The van der Waals surface area contributed by atoms with Gasteiger partial charge >= 0.3 is 0 Å².